The molecular weight excluding hydrogens is 284 g/mol. The molecule has 0 saturated carbocycles. The lowest BCUT2D eigenvalue weighted by molar-refractivity contribution is -0.112. The van der Waals surface area contributed by atoms with Crippen LogP contribution < -0.4 is 5.32 Å². The van der Waals surface area contributed by atoms with Gasteiger partial charge in [-0.1, -0.05) is 24.1 Å². The van der Waals surface area contributed by atoms with Crippen molar-refractivity contribution in [3.8, 4) is 11.8 Å². The van der Waals surface area contributed by atoms with E-state index >= 15 is 0 Å². The zero-order chi connectivity index (χ0) is 14.8. The highest BCUT2D eigenvalue weighted by atomic mass is 32.2. The molecule has 1 N–H and O–H groups in total. The van der Waals surface area contributed by atoms with Gasteiger partial charge in [-0.3, -0.25) is 9.59 Å². The number of benzene rings is 1. The van der Waals surface area contributed by atoms with Gasteiger partial charge in [0.2, 0.25) is 5.12 Å². The number of thioether (sulfide) groups is 1. The zero-order valence-corrected chi connectivity index (χ0v) is 12.4. The molecule has 1 fully saturated rings. The summed E-state index contributed by atoms with van der Waals surface area (Å²) < 4.78 is 2.08. The highest BCUT2D eigenvalue weighted by molar-refractivity contribution is 8.26. The smallest absolute Gasteiger partial charge is 0.287 e. The van der Waals surface area contributed by atoms with E-state index in [1.807, 2.05) is 37.4 Å². The van der Waals surface area contributed by atoms with Gasteiger partial charge in [0.15, 0.2) is 0 Å². The summed E-state index contributed by atoms with van der Waals surface area (Å²) in [4.78, 5) is 23.0. The average molecular weight is 298 g/mol. The molecule has 2 aromatic rings. The van der Waals surface area contributed by atoms with E-state index in [0.29, 0.717) is 13.0 Å². The summed E-state index contributed by atoms with van der Waals surface area (Å²) in [6, 6.07) is 7.61. The summed E-state index contributed by atoms with van der Waals surface area (Å²) in [7, 11) is 0. The topological polar surface area (TPSA) is 51.1 Å². The van der Waals surface area contributed by atoms with E-state index in [0.717, 1.165) is 28.2 Å². The Morgan fingerprint density at radius 3 is 2.86 bits per heavy atom. The summed E-state index contributed by atoms with van der Waals surface area (Å²) >= 11 is 0.756. The van der Waals surface area contributed by atoms with Crippen molar-refractivity contribution in [2.75, 3.05) is 0 Å². The maximum absolute atomic E-state index is 11.8. The summed E-state index contributed by atoms with van der Waals surface area (Å²) in [6.07, 6.45) is 2.54. The number of carbonyl (C=O) groups excluding carboxylic acids is 2. The number of fused-ring (bicyclic) bond motifs is 1. The zero-order valence-electron chi connectivity index (χ0n) is 11.6. The van der Waals surface area contributed by atoms with Crippen LogP contribution in [-0.4, -0.2) is 21.0 Å². The van der Waals surface area contributed by atoms with Gasteiger partial charge in [-0.2, -0.15) is 0 Å². The van der Waals surface area contributed by atoms with Crippen molar-refractivity contribution in [1.82, 2.24) is 9.88 Å². The molecule has 1 aliphatic heterocycles. The minimum absolute atomic E-state index is 0.106. The van der Waals surface area contributed by atoms with E-state index in [9.17, 15) is 9.59 Å². The van der Waals surface area contributed by atoms with Gasteiger partial charge in [-0.15, -0.1) is 5.92 Å². The molecule has 2 heterocycles. The molecule has 1 aromatic heterocycles. The summed E-state index contributed by atoms with van der Waals surface area (Å²) in [5.41, 5.74) is 2.16. The van der Waals surface area contributed by atoms with Crippen molar-refractivity contribution in [1.29, 1.82) is 0 Å². The lowest BCUT2D eigenvalue weighted by atomic mass is 10.1. The number of hydrogen-bond donors (Lipinski definition) is 1. The van der Waals surface area contributed by atoms with Crippen LogP contribution in [0.5, 0.6) is 0 Å². The molecule has 21 heavy (non-hydrogen) atoms. The molecular formula is C16H14N2O2S. The quantitative estimate of drug-likeness (QED) is 0.886. The number of rotatable bonds is 3. The molecule has 1 aromatic carbocycles. The number of aromatic nitrogens is 1. The normalized spacial score (nSPS) is 17.7. The first-order valence-electron chi connectivity index (χ1n) is 6.67. The Bertz CT molecular complexity index is 782. The Balaban J connectivity index is 1.96. The van der Waals surface area contributed by atoms with Crippen molar-refractivity contribution in [2.24, 2.45) is 0 Å². The van der Waals surface area contributed by atoms with Crippen LogP contribution in [0.3, 0.4) is 0 Å². The largest absolute Gasteiger partial charge is 0.336 e. The van der Waals surface area contributed by atoms with E-state index in [1.54, 1.807) is 0 Å². The molecule has 1 unspecified atom stereocenters. The van der Waals surface area contributed by atoms with Crippen LogP contribution in [0.25, 0.3) is 10.9 Å². The minimum atomic E-state index is -0.431. The Kier molecular flexibility index (Phi) is 3.72. The molecule has 0 aliphatic carbocycles. The number of amides is 1. The third kappa shape index (κ3) is 2.67. The molecule has 1 saturated heterocycles. The molecule has 106 valence electrons. The fraction of sp³-hybridized carbons (Fsp3) is 0.250. The van der Waals surface area contributed by atoms with Crippen LogP contribution in [0.2, 0.25) is 0 Å². The highest BCUT2D eigenvalue weighted by Gasteiger charge is 2.31. The lowest BCUT2D eigenvalue weighted by Crippen LogP contribution is -2.30. The van der Waals surface area contributed by atoms with Crippen LogP contribution in [0.4, 0.5) is 4.79 Å². The van der Waals surface area contributed by atoms with E-state index in [2.05, 4.69) is 21.7 Å². The Morgan fingerprint density at radius 1 is 1.33 bits per heavy atom. The summed E-state index contributed by atoms with van der Waals surface area (Å²) in [5, 5.41) is 3.45. The molecule has 1 aliphatic rings. The third-order valence-electron chi connectivity index (χ3n) is 3.49. The van der Waals surface area contributed by atoms with E-state index < -0.39 is 6.04 Å². The van der Waals surface area contributed by atoms with Crippen LogP contribution in [0.1, 0.15) is 12.5 Å². The second-order valence-electron chi connectivity index (χ2n) is 4.84. The summed E-state index contributed by atoms with van der Waals surface area (Å²) in [6.45, 7) is 2.44. The van der Waals surface area contributed by atoms with Gasteiger partial charge >= 0.3 is 0 Å². The Morgan fingerprint density at radius 2 is 2.14 bits per heavy atom. The number of carbonyl (C=O) groups is 2. The van der Waals surface area contributed by atoms with Gasteiger partial charge in [-0.05, 0) is 18.6 Å². The molecule has 1 amide bonds. The predicted octanol–water partition coefficient (Wildman–Crippen LogP) is 2.56. The van der Waals surface area contributed by atoms with Crippen molar-refractivity contribution >= 4 is 33.0 Å². The van der Waals surface area contributed by atoms with E-state index in [-0.39, 0.29) is 10.4 Å². The lowest BCUT2D eigenvalue weighted by Gasteiger charge is -2.06. The maximum atomic E-state index is 11.8. The molecule has 4 nitrogen and oxygen atoms in total. The molecule has 3 rings (SSSR count). The first-order valence-corrected chi connectivity index (χ1v) is 7.49. The molecule has 5 heteroatoms. The van der Waals surface area contributed by atoms with Crippen molar-refractivity contribution in [3.63, 3.8) is 0 Å². The van der Waals surface area contributed by atoms with Gasteiger partial charge in [0.1, 0.15) is 6.04 Å². The van der Waals surface area contributed by atoms with Gasteiger partial charge in [0.05, 0.1) is 6.54 Å². The first-order chi connectivity index (χ1) is 10.2. The SMILES string of the molecule is CC#CCn1cc(CC2NC(=O)SC2=O)c2ccccc21. The standard InChI is InChI=1S/C16H14N2O2S/c1-2-3-8-18-10-11(12-6-4-5-7-14(12)18)9-13-15(19)21-16(20)17-13/h4-7,10,13H,8-9H2,1H3,(H,17,20). The van der Waals surface area contributed by atoms with Gasteiger partial charge in [-0.25, -0.2) is 0 Å². The fourth-order valence-corrected chi connectivity index (χ4v) is 3.20. The maximum Gasteiger partial charge on any atom is 0.287 e. The van der Waals surface area contributed by atoms with Crippen molar-refractivity contribution < 1.29 is 9.59 Å². The first kappa shape index (κ1) is 13.8. The second-order valence-corrected chi connectivity index (χ2v) is 5.81. The summed E-state index contributed by atoms with van der Waals surface area (Å²) in [5.74, 6) is 5.94. The third-order valence-corrected chi connectivity index (χ3v) is 4.28. The monoisotopic (exact) mass is 298 g/mol. The van der Waals surface area contributed by atoms with Crippen LogP contribution in [0.15, 0.2) is 30.5 Å². The van der Waals surface area contributed by atoms with Crippen LogP contribution in [-0.2, 0) is 17.8 Å². The molecule has 0 radical (unpaired) electrons. The number of nitrogens with one attached hydrogen (secondary N) is 1. The number of para-hydroxylation sites is 1. The van der Waals surface area contributed by atoms with Crippen molar-refractivity contribution in [2.45, 2.75) is 25.9 Å². The Hall–Kier alpha value is -2.19. The number of hydrogen-bond acceptors (Lipinski definition) is 3. The van der Waals surface area contributed by atoms with Gasteiger partial charge in [0, 0.05) is 35.3 Å². The molecule has 1 atom stereocenters. The minimum Gasteiger partial charge on any atom is -0.336 e. The van der Waals surface area contributed by atoms with Crippen LogP contribution in [0, 0.1) is 11.8 Å². The van der Waals surface area contributed by atoms with Gasteiger partial charge < -0.3 is 9.88 Å². The van der Waals surface area contributed by atoms with Gasteiger partial charge in [0.25, 0.3) is 5.24 Å². The molecule has 0 spiro atoms. The number of nitrogens with zero attached hydrogens (tertiary/aromatic N) is 1. The Labute approximate surface area is 126 Å². The second kappa shape index (κ2) is 5.66. The van der Waals surface area contributed by atoms with Crippen LogP contribution >= 0.6 is 11.8 Å². The fourth-order valence-electron chi connectivity index (χ4n) is 2.53. The molecule has 0 bridgehead atoms. The van der Waals surface area contributed by atoms with E-state index in [4.69, 9.17) is 0 Å². The van der Waals surface area contributed by atoms with Crippen molar-refractivity contribution in [3.05, 3.63) is 36.0 Å². The predicted molar refractivity (Wildman–Crippen MR) is 84.0 cm³/mol. The van der Waals surface area contributed by atoms with E-state index in [1.165, 1.54) is 0 Å². The average Bonchev–Trinajstić information content (AvgIpc) is 2.98. The highest BCUT2D eigenvalue weighted by Crippen LogP contribution is 2.25.